The van der Waals surface area contributed by atoms with E-state index in [0.29, 0.717) is 43.8 Å². The van der Waals surface area contributed by atoms with E-state index in [9.17, 15) is 4.79 Å². The van der Waals surface area contributed by atoms with Crippen LogP contribution in [0.25, 0.3) is 5.65 Å². The molecule has 11 heteroatoms. The van der Waals surface area contributed by atoms with Gasteiger partial charge in [0, 0.05) is 43.9 Å². The molecule has 206 valence electrons. The van der Waals surface area contributed by atoms with E-state index >= 15 is 0 Å². The average molecular weight is 525 g/mol. The second-order valence-corrected chi connectivity index (χ2v) is 11.1. The number of piperidine rings is 1. The minimum Gasteiger partial charge on any atom is -0.444 e. The van der Waals surface area contributed by atoms with Crippen LogP contribution in [0.2, 0.25) is 0 Å². The number of likely N-dealkylation sites (tertiary alicyclic amines) is 1. The Hall–Kier alpha value is -3.60. The molecule has 1 amide bonds. The molecule has 1 saturated heterocycles. The Morgan fingerprint density at radius 2 is 2.03 bits per heavy atom. The lowest BCUT2D eigenvalue weighted by Gasteiger charge is -2.38. The molecule has 1 aromatic carbocycles. The first-order valence-electron chi connectivity index (χ1n) is 13.1. The average Bonchev–Trinajstić information content (AvgIpc) is 3.29. The Bertz CT molecular complexity index is 1250. The Morgan fingerprint density at radius 1 is 1.24 bits per heavy atom. The fourth-order valence-electron chi connectivity index (χ4n) is 4.56. The van der Waals surface area contributed by atoms with Crippen LogP contribution in [-0.4, -0.2) is 69.0 Å². The van der Waals surface area contributed by atoms with Gasteiger partial charge < -0.3 is 30.7 Å². The van der Waals surface area contributed by atoms with Crippen molar-refractivity contribution in [1.82, 2.24) is 24.5 Å². The summed E-state index contributed by atoms with van der Waals surface area (Å²) in [7, 11) is 1.68. The number of nitrogen functional groups attached to an aromatic ring is 1. The quantitative estimate of drug-likeness (QED) is 0.372. The molecule has 0 spiro atoms. The van der Waals surface area contributed by atoms with Crippen molar-refractivity contribution in [2.45, 2.75) is 65.2 Å². The van der Waals surface area contributed by atoms with Crippen LogP contribution < -0.4 is 16.4 Å². The van der Waals surface area contributed by atoms with Crippen molar-refractivity contribution in [2.75, 3.05) is 43.1 Å². The number of nitrogens with two attached hydrogens (primary N) is 1. The summed E-state index contributed by atoms with van der Waals surface area (Å²) in [6.45, 7) is 12.1. The summed E-state index contributed by atoms with van der Waals surface area (Å²) in [5.41, 5.74) is 8.97. The predicted octanol–water partition coefficient (Wildman–Crippen LogP) is 4.13. The molecule has 2 aromatic heterocycles. The standard InChI is InChI=1S/C27H40N8O3/c1-17(2)21-15-31-35-23(21)32-24(33-25(35)30-13-18-8-7-9-20(28)12-18)29-14-19-10-11-34(16-22(19)37-6)26(36)38-27(3,4)5/h7-9,12,15,17,19,22H,10-11,13-14,16,28H2,1-6H3,(H2,29,30,32,33)/t19-,22+/m1/s1. The number of methoxy groups -OCH3 is 1. The highest BCUT2D eigenvalue weighted by molar-refractivity contribution is 5.68. The number of benzene rings is 1. The number of aromatic nitrogens is 4. The second kappa shape index (κ2) is 11.4. The second-order valence-electron chi connectivity index (χ2n) is 11.1. The number of carbonyl (C=O) groups is 1. The lowest BCUT2D eigenvalue weighted by Crippen LogP contribution is -2.50. The number of rotatable bonds is 8. The van der Waals surface area contributed by atoms with Crippen LogP contribution in [-0.2, 0) is 16.0 Å². The molecule has 3 heterocycles. The summed E-state index contributed by atoms with van der Waals surface area (Å²) in [5.74, 6) is 1.54. The smallest absolute Gasteiger partial charge is 0.410 e. The van der Waals surface area contributed by atoms with E-state index in [4.69, 9.17) is 25.2 Å². The first kappa shape index (κ1) is 27.4. The molecule has 38 heavy (non-hydrogen) atoms. The maximum absolute atomic E-state index is 12.6. The van der Waals surface area contributed by atoms with Crippen LogP contribution in [0.3, 0.4) is 0 Å². The van der Waals surface area contributed by atoms with Crippen molar-refractivity contribution in [2.24, 2.45) is 5.92 Å². The molecule has 3 aromatic rings. The van der Waals surface area contributed by atoms with Crippen LogP contribution in [0.15, 0.2) is 30.5 Å². The van der Waals surface area contributed by atoms with Gasteiger partial charge in [-0.3, -0.25) is 0 Å². The molecule has 0 saturated carbocycles. The zero-order valence-electron chi connectivity index (χ0n) is 23.2. The molecular formula is C27H40N8O3. The van der Waals surface area contributed by atoms with Gasteiger partial charge in [-0.05, 0) is 50.8 Å². The fourth-order valence-corrected chi connectivity index (χ4v) is 4.56. The van der Waals surface area contributed by atoms with Crippen molar-refractivity contribution >= 4 is 29.3 Å². The van der Waals surface area contributed by atoms with Crippen molar-refractivity contribution in [3.05, 3.63) is 41.6 Å². The largest absolute Gasteiger partial charge is 0.444 e. The molecular weight excluding hydrogens is 484 g/mol. The third-order valence-electron chi connectivity index (χ3n) is 6.59. The van der Waals surface area contributed by atoms with Crippen LogP contribution in [0.4, 0.5) is 22.4 Å². The Morgan fingerprint density at radius 3 is 2.71 bits per heavy atom. The van der Waals surface area contributed by atoms with Crippen LogP contribution >= 0.6 is 0 Å². The van der Waals surface area contributed by atoms with Crippen molar-refractivity contribution < 1.29 is 14.3 Å². The molecule has 0 aliphatic carbocycles. The molecule has 1 fully saturated rings. The molecule has 2 atom stereocenters. The predicted molar refractivity (Wildman–Crippen MR) is 148 cm³/mol. The molecule has 1 aliphatic heterocycles. The Kier molecular flexibility index (Phi) is 8.25. The number of hydrogen-bond donors (Lipinski definition) is 3. The van der Waals surface area contributed by atoms with Crippen LogP contribution in [0.5, 0.6) is 0 Å². The van der Waals surface area contributed by atoms with E-state index in [0.717, 1.165) is 23.2 Å². The summed E-state index contributed by atoms with van der Waals surface area (Å²) in [4.78, 5) is 23.8. The first-order valence-corrected chi connectivity index (χ1v) is 13.1. The van der Waals surface area contributed by atoms with Crippen LogP contribution in [0, 0.1) is 5.92 Å². The summed E-state index contributed by atoms with van der Waals surface area (Å²) in [6, 6.07) is 7.74. The molecule has 4 N–H and O–H groups in total. The summed E-state index contributed by atoms with van der Waals surface area (Å²) < 4.78 is 13.1. The van der Waals surface area contributed by atoms with Gasteiger partial charge in [-0.25, -0.2) is 4.79 Å². The monoisotopic (exact) mass is 524 g/mol. The van der Waals surface area contributed by atoms with Gasteiger partial charge in [-0.1, -0.05) is 26.0 Å². The lowest BCUT2D eigenvalue weighted by atomic mass is 9.94. The number of ether oxygens (including phenoxy) is 2. The number of anilines is 3. The van der Waals surface area contributed by atoms with E-state index in [-0.39, 0.29) is 24.0 Å². The summed E-state index contributed by atoms with van der Waals surface area (Å²) in [5, 5.41) is 11.4. The van der Waals surface area contributed by atoms with Gasteiger partial charge in [0.05, 0.1) is 18.8 Å². The third kappa shape index (κ3) is 6.63. The van der Waals surface area contributed by atoms with Gasteiger partial charge in [0.2, 0.25) is 11.9 Å². The van der Waals surface area contributed by atoms with Gasteiger partial charge in [0.25, 0.3) is 0 Å². The first-order chi connectivity index (χ1) is 18.0. The van der Waals surface area contributed by atoms with E-state index < -0.39 is 5.60 Å². The zero-order chi connectivity index (χ0) is 27.4. The highest BCUT2D eigenvalue weighted by atomic mass is 16.6. The lowest BCUT2D eigenvalue weighted by molar-refractivity contribution is -0.0258. The topological polar surface area (TPSA) is 132 Å². The normalized spacial score (nSPS) is 18.1. The molecule has 1 aliphatic rings. The summed E-state index contributed by atoms with van der Waals surface area (Å²) in [6.07, 6.45) is 2.18. The number of carbonyl (C=O) groups excluding carboxylic acids is 1. The maximum atomic E-state index is 12.6. The Balaban J connectivity index is 1.49. The van der Waals surface area contributed by atoms with Crippen molar-refractivity contribution in [1.29, 1.82) is 0 Å². The molecule has 0 bridgehead atoms. The molecule has 11 nitrogen and oxygen atoms in total. The van der Waals surface area contributed by atoms with E-state index in [1.807, 2.05) is 51.2 Å². The molecule has 0 radical (unpaired) electrons. The van der Waals surface area contributed by atoms with Gasteiger partial charge >= 0.3 is 6.09 Å². The van der Waals surface area contributed by atoms with Gasteiger partial charge in [0.1, 0.15) is 5.60 Å². The minimum absolute atomic E-state index is 0.130. The van der Waals surface area contributed by atoms with E-state index in [1.165, 1.54) is 0 Å². The minimum atomic E-state index is -0.532. The van der Waals surface area contributed by atoms with E-state index in [2.05, 4.69) is 29.6 Å². The van der Waals surface area contributed by atoms with Crippen molar-refractivity contribution in [3.63, 3.8) is 0 Å². The zero-order valence-corrected chi connectivity index (χ0v) is 23.2. The highest BCUT2D eigenvalue weighted by Gasteiger charge is 2.33. The fraction of sp³-hybridized carbons (Fsp3) is 0.556. The number of hydrogen-bond acceptors (Lipinski definition) is 9. The third-order valence-corrected chi connectivity index (χ3v) is 6.59. The molecule has 4 rings (SSSR count). The molecule has 0 unspecified atom stereocenters. The number of nitrogens with one attached hydrogen (secondary N) is 2. The number of amides is 1. The number of nitrogens with zero attached hydrogens (tertiary/aromatic N) is 5. The van der Waals surface area contributed by atoms with Gasteiger partial charge in [-0.2, -0.15) is 19.6 Å². The highest BCUT2D eigenvalue weighted by Crippen LogP contribution is 2.25. The van der Waals surface area contributed by atoms with Gasteiger partial charge in [0.15, 0.2) is 5.65 Å². The van der Waals surface area contributed by atoms with Crippen molar-refractivity contribution in [3.8, 4) is 0 Å². The van der Waals surface area contributed by atoms with Crippen LogP contribution in [0.1, 0.15) is 58.1 Å². The summed E-state index contributed by atoms with van der Waals surface area (Å²) >= 11 is 0. The van der Waals surface area contributed by atoms with E-state index in [1.54, 1.807) is 16.5 Å². The Labute approximate surface area is 224 Å². The maximum Gasteiger partial charge on any atom is 0.410 e. The SMILES string of the molecule is CO[C@H]1CN(C(=O)OC(C)(C)C)CC[C@@H]1CNc1nc(NCc2cccc(N)c2)n2ncc(C(C)C)c2n1. The van der Waals surface area contributed by atoms with Gasteiger partial charge in [-0.15, -0.1) is 0 Å². The number of fused-ring (bicyclic) bond motifs is 1.